The molecule has 0 aromatic carbocycles. The van der Waals surface area contributed by atoms with Crippen LogP contribution in [-0.2, 0) is 14.0 Å². The van der Waals surface area contributed by atoms with E-state index in [1.807, 2.05) is 60.6 Å². The van der Waals surface area contributed by atoms with Crippen molar-refractivity contribution in [2.75, 3.05) is 19.6 Å². The van der Waals surface area contributed by atoms with E-state index in [1.54, 1.807) is 4.90 Å². The van der Waals surface area contributed by atoms with Crippen LogP contribution in [-0.4, -0.2) is 59.5 Å². The van der Waals surface area contributed by atoms with Gasteiger partial charge in [-0.15, -0.1) is 0 Å². The highest BCUT2D eigenvalue weighted by molar-refractivity contribution is 6.61. The number of nitrogens with zero attached hydrogens (tertiary/aromatic N) is 2. The average Bonchev–Trinajstić information content (AvgIpc) is 2.81. The molecular weight excluding hydrogens is 393 g/mol. The number of ether oxygens (including phenoxy) is 1. The first-order valence-corrected chi connectivity index (χ1v) is 10.4. The molecule has 3 rings (SSSR count). The second kappa shape index (κ2) is 7.73. The van der Waals surface area contributed by atoms with Gasteiger partial charge in [0.2, 0.25) is 0 Å². The van der Waals surface area contributed by atoms with Crippen molar-refractivity contribution in [2.24, 2.45) is 0 Å². The summed E-state index contributed by atoms with van der Waals surface area (Å²) in [5.74, 6) is 0. The van der Waals surface area contributed by atoms with Crippen LogP contribution in [0.25, 0.3) is 0 Å². The summed E-state index contributed by atoms with van der Waals surface area (Å²) in [6, 6.07) is 3.66. The van der Waals surface area contributed by atoms with Gasteiger partial charge in [-0.1, -0.05) is 11.6 Å². The summed E-state index contributed by atoms with van der Waals surface area (Å²) in [5, 5.41) is 3.81. The normalized spacial score (nSPS) is 23.9. The molecule has 2 fully saturated rings. The first-order valence-electron chi connectivity index (χ1n) is 10.0. The van der Waals surface area contributed by atoms with Gasteiger partial charge in [-0.05, 0) is 66.2 Å². The van der Waals surface area contributed by atoms with E-state index in [-0.39, 0.29) is 12.1 Å². The molecule has 0 aliphatic carbocycles. The molecule has 0 saturated carbocycles. The fourth-order valence-electron chi connectivity index (χ4n) is 3.29. The van der Waals surface area contributed by atoms with E-state index in [2.05, 4.69) is 10.3 Å². The van der Waals surface area contributed by atoms with Crippen LogP contribution in [0.1, 0.15) is 60.1 Å². The van der Waals surface area contributed by atoms with Gasteiger partial charge in [-0.3, -0.25) is 0 Å². The van der Waals surface area contributed by atoms with Crippen LogP contribution in [0.3, 0.4) is 0 Å². The fraction of sp³-hybridized carbons (Fsp3) is 0.700. The Bertz CT molecular complexity index is 765. The Kier molecular flexibility index (Phi) is 5.95. The van der Waals surface area contributed by atoms with Crippen molar-refractivity contribution in [3.63, 3.8) is 0 Å². The minimum Gasteiger partial charge on any atom is -0.444 e. The van der Waals surface area contributed by atoms with Crippen molar-refractivity contribution < 1.29 is 18.8 Å². The van der Waals surface area contributed by atoms with E-state index in [0.717, 1.165) is 5.56 Å². The quantitative estimate of drug-likeness (QED) is 0.582. The lowest BCUT2D eigenvalue weighted by molar-refractivity contribution is 0.00578. The minimum absolute atomic E-state index is 0.0852. The predicted octanol–water partition coefficient (Wildman–Crippen LogP) is 2.92. The molecule has 2 aliphatic rings. The van der Waals surface area contributed by atoms with Gasteiger partial charge in [-0.25, -0.2) is 9.78 Å². The number of piperazine rings is 1. The van der Waals surface area contributed by atoms with Crippen molar-refractivity contribution in [1.82, 2.24) is 15.2 Å². The highest BCUT2D eigenvalue weighted by Crippen LogP contribution is 2.36. The lowest BCUT2D eigenvalue weighted by Gasteiger charge is -2.35. The van der Waals surface area contributed by atoms with Gasteiger partial charge in [0.15, 0.2) is 0 Å². The van der Waals surface area contributed by atoms with Crippen LogP contribution in [0.5, 0.6) is 0 Å². The van der Waals surface area contributed by atoms with Gasteiger partial charge >= 0.3 is 13.2 Å². The molecule has 1 amide bonds. The van der Waals surface area contributed by atoms with Crippen molar-refractivity contribution in [3.8, 4) is 0 Å². The van der Waals surface area contributed by atoms with Crippen molar-refractivity contribution in [3.05, 3.63) is 22.8 Å². The van der Waals surface area contributed by atoms with E-state index in [0.29, 0.717) is 30.4 Å². The summed E-state index contributed by atoms with van der Waals surface area (Å²) in [4.78, 5) is 18.6. The Balaban J connectivity index is 1.79. The van der Waals surface area contributed by atoms with E-state index < -0.39 is 23.9 Å². The molecule has 1 aromatic rings. The van der Waals surface area contributed by atoms with Crippen LogP contribution in [0.4, 0.5) is 4.79 Å². The number of amides is 1. The molecule has 1 N–H and O–H groups in total. The zero-order valence-electron chi connectivity index (χ0n) is 18.3. The standard InChI is InChI=1S/C20H31BClN3O4/c1-18(2,3)27-17(26)25-9-8-23-14(12-25)13-10-15(24-16(22)11-13)21-28-19(4,5)20(6,7)29-21/h10-11,14,23H,8-9,12H2,1-7H3/t14-/m1/s1. The predicted molar refractivity (Wildman–Crippen MR) is 114 cm³/mol. The van der Waals surface area contributed by atoms with Gasteiger partial charge in [0, 0.05) is 19.6 Å². The summed E-state index contributed by atoms with van der Waals surface area (Å²) in [6.07, 6.45) is -0.310. The molecule has 9 heteroatoms. The molecule has 0 radical (unpaired) electrons. The van der Waals surface area contributed by atoms with Gasteiger partial charge in [0.1, 0.15) is 10.8 Å². The first-order chi connectivity index (χ1) is 13.3. The Morgan fingerprint density at radius 3 is 2.48 bits per heavy atom. The molecule has 1 aromatic heterocycles. The van der Waals surface area contributed by atoms with Gasteiger partial charge in [-0.2, -0.15) is 0 Å². The highest BCUT2D eigenvalue weighted by Gasteiger charge is 2.52. The SMILES string of the molecule is CC(C)(C)OC(=O)N1CCN[C@@H](c2cc(Cl)nc(B3OC(C)(C)C(C)(C)O3)c2)C1. The number of nitrogens with one attached hydrogen (secondary N) is 1. The Morgan fingerprint density at radius 1 is 1.28 bits per heavy atom. The van der Waals surface area contributed by atoms with Crippen molar-refractivity contribution in [1.29, 1.82) is 0 Å². The lowest BCUT2D eigenvalue weighted by Crippen LogP contribution is -2.50. The summed E-state index contributed by atoms with van der Waals surface area (Å²) < 4.78 is 17.7. The van der Waals surface area contributed by atoms with E-state index in [4.69, 9.17) is 25.6 Å². The molecule has 7 nitrogen and oxygen atoms in total. The third-order valence-corrected chi connectivity index (χ3v) is 5.75. The molecule has 1 atom stereocenters. The van der Waals surface area contributed by atoms with Crippen molar-refractivity contribution >= 4 is 30.4 Å². The van der Waals surface area contributed by atoms with Gasteiger partial charge in [0.05, 0.1) is 22.8 Å². The number of carbonyl (C=O) groups excluding carboxylic acids is 1. The van der Waals surface area contributed by atoms with E-state index in [1.165, 1.54) is 0 Å². The molecule has 2 saturated heterocycles. The number of hydrogen-bond acceptors (Lipinski definition) is 6. The van der Waals surface area contributed by atoms with E-state index >= 15 is 0 Å². The second-order valence-corrected chi connectivity index (χ2v) is 10.1. The second-order valence-electron chi connectivity index (χ2n) is 9.67. The molecule has 160 valence electrons. The number of halogens is 1. The molecule has 0 bridgehead atoms. The molecule has 0 unspecified atom stereocenters. The maximum atomic E-state index is 12.5. The minimum atomic E-state index is -0.594. The average molecular weight is 424 g/mol. The third kappa shape index (κ3) is 5.05. The first kappa shape index (κ1) is 22.3. The zero-order valence-corrected chi connectivity index (χ0v) is 19.1. The largest absolute Gasteiger partial charge is 0.514 e. The molecule has 29 heavy (non-hydrogen) atoms. The Hall–Kier alpha value is -1.35. The Morgan fingerprint density at radius 2 is 1.90 bits per heavy atom. The van der Waals surface area contributed by atoms with Crippen LogP contribution >= 0.6 is 11.6 Å². The number of hydrogen-bond donors (Lipinski definition) is 1. The zero-order chi connectivity index (χ0) is 21.6. The highest BCUT2D eigenvalue weighted by atomic mass is 35.5. The summed E-state index contributed by atoms with van der Waals surface area (Å²) in [7, 11) is -0.594. The summed E-state index contributed by atoms with van der Waals surface area (Å²) in [6.45, 7) is 15.3. The van der Waals surface area contributed by atoms with Crippen molar-refractivity contribution in [2.45, 2.75) is 71.3 Å². The number of pyridine rings is 1. The molecule has 3 heterocycles. The number of rotatable bonds is 2. The van der Waals surface area contributed by atoms with Crippen LogP contribution < -0.4 is 10.9 Å². The Labute approximate surface area is 178 Å². The molecule has 0 spiro atoms. The third-order valence-electron chi connectivity index (χ3n) is 5.56. The molecular formula is C20H31BClN3O4. The lowest BCUT2D eigenvalue weighted by atomic mass is 9.82. The van der Waals surface area contributed by atoms with Crippen LogP contribution in [0.2, 0.25) is 5.15 Å². The maximum absolute atomic E-state index is 12.5. The van der Waals surface area contributed by atoms with Crippen LogP contribution in [0, 0.1) is 0 Å². The monoisotopic (exact) mass is 423 g/mol. The molecule has 2 aliphatic heterocycles. The van der Waals surface area contributed by atoms with Gasteiger partial charge in [0.25, 0.3) is 0 Å². The summed E-state index contributed by atoms with van der Waals surface area (Å²) in [5.41, 5.74) is 0.114. The maximum Gasteiger partial charge on any atom is 0.514 e. The summed E-state index contributed by atoms with van der Waals surface area (Å²) >= 11 is 6.32. The fourth-order valence-corrected chi connectivity index (χ4v) is 3.51. The topological polar surface area (TPSA) is 72.9 Å². The number of aromatic nitrogens is 1. The van der Waals surface area contributed by atoms with E-state index in [9.17, 15) is 4.79 Å². The van der Waals surface area contributed by atoms with Gasteiger partial charge < -0.3 is 24.3 Å². The van der Waals surface area contributed by atoms with Crippen LogP contribution in [0.15, 0.2) is 12.1 Å². The smallest absolute Gasteiger partial charge is 0.444 e. The number of carbonyl (C=O) groups is 1.